The molecule has 1 unspecified atom stereocenters. The molecular weight excluding hydrogens is 177 g/mol. The maximum atomic E-state index is 13.5. The Hall–Kier alpha value is -1.31. The molecule has 0 aromatic heterocycles. The maximum absolute atomic E-state index is 13.5. The lowest BCUT2D eigenvalue weighted by molar-refractivity contribution is 0.575. The van der Waals surface area contributed by atoms with Crippen molar-refractivity contribution >= 4 is 5.69 Å². The Kier molecular flexibility index (Phi) is 2.53. The van der Waals surface area contributed by atoms with Crippen molar-refractivity contribution in [1.29, 1.82) is 0 Å². The van der Waals surface area contributed by atoms with Crippen LogP contribution in [-0.4, -0.2) is 0 Å². The number of hydrogen-bond acceptors (Lipinski definition) is 1. The summed E-state index contributed by atoms with van der Waals surface area (Å²) >= 11 is 0. The summed E-state index contributed by atoms with van der Waals surface area (Å²) in [5.41, 5.74) is 6.76. The summed E-state index contributed by atoms with van der Waals surface area (Å²) in [7, 11) is 0. The van der Waals surface area contributed by atoms with Crippen molar-refractivity contribution in [2.75, 3.05) is 5.73 Å². The standard InChI is InChI=1S/C12H14FN/c13-12-8-10(14)6-7-11(12)9-4-2-1-3-5-9/h2,4,6-9H,1,3,5,14H2. The van der Waals surface area contributed by atoms with Gasteiger partial charge < -0.3 is 5.73 Å². The van der Waals surface area contributed by atoms with Crippen molar-refractivity contribution in [1.82, 2.24) is 0 Å². The van der Waals surface area contributed by atoms with E-state index in [1.165, 1.54) is 6.07 Å². The fourth-order valence-corrected chi connectivity index (χ4v) is 1.92. The van der Waals surface area contributed by atoms with Crippen molar-refractivity contribution in [2.45, 2.75) is 25.2 Å². The molecule has 0 heterocycles. The quantitative estimate of drug-likeness (QED) is 0.535. The summed E-state index contributed by atoms with van der Waals surface area (Å²) < 4.78 is 13.5. The van der Waals surface area contributed by atoms with Crippen LogP contribution < -0.4 is 5.73 Å². The van der Waals surface area contributed by atoms with Gasteiger partial charge in [-0.2, -0.15) is 0 Å². The predicted molar refractivity (Wildman–Crippen MR) is 56.5 cm³/mol. The molecule has 1 atom stereocenters. The zero-order chi connectivity index (χ0) is 9.97. The average molecular weight is 191 g/mol. The summed E-state index contributed by atoms with van der Waals surface area (Å²) in [6.45, 7) is 0. The van der Waals surface area contributed by atoms with Crippen LogP contribution in [0.2, 0.25) is 0 Å². The molecule has 0 aliphatic heterocycles. The first-order valence-corrected chi connectivity index (χ1v) is 4.99. The number of nitrogen functional groups attached to an aromatic ring is 1. The highest BCUT2D eigenvalue weighted by Gasteiger charge is 2.14. The third kappa shape index (κ3) is 1.79. The second-order valence-electron chi connectivity index (χ2n) is 3.75. The highest BCUT2D eigenvalue weighted by Crippen LogP contribution is 2.29. The first-order chi connectivity index (χ1) is 6.77. The predicted octanol–water partition coefficient (Wildman–Crippen LogP) is 3.23. The van der Waals surface area contributed by atoms with Gasteiger partial charge in [0.1, 0.15) is 5.82 Å². The molecule has 0 amide bonds. The molecule has 1 aliphatic rings. The maximum Gasteiger partial charge on any atom is 0.129 e. The largest absolute Gasteiger partial charge is 0.399 e. The van der Waals surface area contributed by atoms with Crippen LogP contribution in [0.4, 0.5) is 10.1 Å². The highest BCUT2D eigenvalue weighted by molar-refractivity contribution is 5.42. The third-order valence-electron chi connectivity index (χ3n) is 2.68. The molecule has 2 rings (SSSR count). The van der Waals surface area contributed by atoms with Crippen LogP contribution in [0.25, 0.3) is 0 Å². The van der Waals surface area contributed by atoms with Crippen molar-refractivity contribution in [3.63, 3.8) is 0 Å². The first-order valence-electron chi connectivity index (χ1n) is 4.99. The number of nitrogens with two attached hydrogens (primary N) is 1. The lowest BCUT2D eigenvalue weighted by Gasteiger charge is -2.17. The summed E-state index contributed by atoms with van der Waals surface area (Å²) in [6.07, 6.45) is 7.53. The van der Waals surface area contributed by atoms with Gasteiger partial charge in [0.15, 0.2) is 0 Å². The van der Waals surface area contributed by atoms with E-state index in [9.17, 15) is 4.39 Å². The Morgan fingerprint density at radius 3 is 2.86 bits per heavy atom. The normalized spacial score (nSPS) is 21.1. The van der Waals surface area contributed by atoms with E-state index in [1.54, 1.807) is 12.1 Å². The molecule has 74 valence electrons. The van der Waals surface area contributed by atoms with Gasteiger partial charge in [-0.1, -0.05) is 18.2 Å². The summed E-state index contributed by atoms with van der Waals surface area (Å²) in [6, 6.07) is 4.96. The van der Waals surface area contributed by atoms with Gasteiger partial charge >= 0.3 is 0 Å². The molecular formula is C12H14FN. The molecule has 0 radical (unpaired) electrons. The van der Waals surface area contributed by atoms with Gasteiger partial charge in [-0.3, -0.25) is 0 Å². The molecule has 0 spiro atoms. The smallest absolute Gasteiger partial charge is 0.129 e. The highest BCUT2D eigenvalue weighted by atomic mass is 19.1. The van der Waals surface area contributed by atoms with E-state index < -0.39 is 0 Å². The molecule has 0 bridgehead atoms. The fraction of sp³-hybridized carbons (Fsp3) is 0.333. The summed E-state index contributed by atoms with van der Waals surface area (Å²) in [5.74, 6) is 0.0610. The molecule has 2 N–H and O–H groups in total. The van der Waals surface area contributed by atoms with Crippen LogP contribution in [0.5, 0.6) is 0 Å². The van der Waals surface area contributed by atoms with Gasteiger partial charge in [0.2, 0.25) is 0 Å². The zero-order valence-corrected chi connectivity index (χ0v) is 8.04. The number of benzene rings is 1. The number of hydrogen-bond donors (Lipinski definition) is 1. The van der Waals surface area contributed by atoms with Gasteiger partial charge in [0, 0.05) is 11.6 Å². The van der Waals surface area contributed by atoms with Gasteiger partial charge in [-0.25, -0.2) is 4.39 Å². The minimum Gasteiger partial charge on any atom is -0.399 e. The molecule has 1 nitrogen and oxygen atoms in total. The van der Waals surface area contributed by atoms with Crippen LogP contribution in [0, 0.1) is 5.82 Å². The number of rotatable bonds is 1. The first kappa shape index (κ1) is 9.25. The Balaban J connectivity index is 2.31. The van der Waals surface area contributed by atoms with E-state index in [1.807, 2.05) is 0 Å². The molecule has 1 aromatic rings. The third-order valence-corrected chi connectivity index (χ3v) is 2.68. The van der Waals surface area contributed by atoms with Crippen molar-refractivity contribution < 1.29 is 4.39 Å². The van der Waals surface area contributed by atoms with E-state index in [-0.39, 0.29) is 11.7 Å². The molecule has 0 saturated carbocycles. The van der Waals surface area contributed by atoms with Crippen molar-refractivity contribution in [3.05, 3.63) is 41.7 Å². The lowest BCUT2D eigenvalue weighted by atomic mass is 9.89. The van der Waals surface area contributed by atoms with E-state index in [0.717, 1.165) is 24.8 Å². The monoisotopic (exact) mass is 191 g/mol. The van der Waals surface area contributed by atoms with Crippen molar-refractivity contribution in [2.24, 2.45) is 0 Å². The number of halogens is 1. The molecule has 1 aliphatic carbocycles. The second-order valence-corrected chi connectivity index (χ2v) is 3.75. The van der Waals surface area contributed by atoms with E-state index in [4.69, 9.17) is 5.73 Å². The summed E-state index contributed by atoms with van der Waals surface area (Å²) in [4.78, 5) is 0. The molecule has 14 heavy (non-hydrogen) atoms. The zero-order valence-electron chi connectivity index (χ0n) is 8.04. The van der Waals surface area contributed by atoms with Crippen LogP contribution in [0.15, 0.2) is 30.4 Å². The Morgan fingerprint density at radius 1 is 1.36 bits per heavy atom. The van der Waals surface area contributed by atoms with Crippen LogP contribution in [0.1, 0.15) is 30.7 Å². The minimum absolute atomic E-state index is 0.179. The molecule has 2 heteroatoms. The van der Waals surface area contributed by atoms with E-state index in [2.05, 4.69) is 12.2 Å². The average Bonchev–Trinajstić information content (AvgIpc) is 2.19. The van der Waals surface area contributed by atoms with Crippen LogP contribution >= 0.6 is 0 Å². The summed E-state index contributed by atoms with van der Waals surface area (Å²) in [5, 5.41) is 0. The van der Waals surface area contributed by atoms with Gasteiger partial charge in [0.05, 0.1) is 0 Å². The Bertz CT molecular complexity index is 357. The molecule has 0 saturated heterocycles. The Labute approximate surface area is 83.4 Å². The second kappa shape index (κ2) is 3.82. The van der Waals surface area contributed by atoms with Gasteiger partial charge in [0.25, 0.3) is 0 Å². The topological polar surface area (TPSA) is 26.0 Å². The SMILES string of the molecule is Nc1ccc(C2C=CCCC2)c(F)c1. The van der Waals surface area contributed by atoms with Crippen molar-refractivity contribution in [3.8, 4) is 0 Å². The minimum atomic E-state index is -0.179. The van der Waals surface area contributed by atoms with Gasteiger partial charge in [-0.15, -0.1) is 0 Å². The fourth-order valence-electron chi connectivity index (χ4n) is 1.92. The number of allylic oxidation sites excluding steroid dienone is 2. The molecule has 1 aromatic carbocycles. The lowest BCUT2D eigenvalue weighted by Crippen LogP contribution is -2.02. The molecule has 0 fully saturated rings. The van der Waals surface area contributed by atoms with Crippen LogP contribution in [-0.2, 0) is 0 Å². The Morgan fingerprint density at radius 2 is 2.21 bits per heavy atom. The van der Waals surface area contributed by atoms with Crippen LogP contribution in [0.3, 0.4) is 0 Å². The van der Waals surface area contributed by atoms with E-state index in [0.29, 0.717) is 5.69 Å². The van der Waals surface area contributed by atoms with Gasteiger partial charge in [-0.05, 0) is 37.0 Å². The number of anilines is 1. The van der Waals surface area contributed by atoms with E-state index >= 15 is 0 Å².